The molecule has 2 aromatic heterocycles. The molecule has 0 bridgehead atoms. The molecule has 6 nitrogen and oxygen atoms in total. The van der Waals surface area contributed by atoms with Gasteiger partial charge < -0.3 is 4.90 Å². The minimum Gasteiger partial charge on any atom is -0.336 e. The third kappa shape index (κ3) is 3.25. The molecule has 1 aromatic carbocycles. The molecule has 1 atom stereocenters. The molecule has 1 fully saturated rings. The average Bonchev–Trinajstić information content (AvgIpc) is 3.11. The maximum atomic E-state index is 12.8. The van der Waals surface area contributed by atoms with Gasteiger partial charge in [0, 0.05) is 43.8 Å². The number of rotatable bonds is 3. The lowest BCUT2D eigenvalue weighted by atomic mass is 10.1. The lowest BCUT2D eigenvalue weighted by Gasteiger charge is -2.40. The highest BCUT2D eigenvalue weighted by Gasteiger charge is 2.27. The van der Waals surface area contributed by atoms with E-state index >= 15 is 0 Å². The number of nitrogens with zero attached hydrogens (tertiary/aromatic N) is 4. The highest BCUT2D eigenvalue weighted by Crippen LogP contribution is 2.17. The fourth-order valence-electron chi connectivity index (χ4n) is 3.37. The summed E-state index contributed by atoms with van der Waals surface area (Å²) in [6, 6.07) is 12.6. The van der Waals surface area contributed by atoms with E-state index in [1.807, 2.05) is 17.0 Å². The van der Waals surface area contributed by atoms with Gasteiger partial charge in [-0.05, 0) is 18.6 Å². The van der Waals surface area contributed by atoms with Crippen molar-refractivity contribution in [2.45, 2.75) is 19.5 Å². The van der Waals surface area contributed by atoms with Crippen LogP contribution in [0.1, 0.15) is 22.8 Å². The number of aromatic amines is 1. The molecule has 0 spiro atoms. The topological polar surface area (TPSA) is 65.1 Å². The molecule has 3 aromatic rings. The lowest BCUT2D eigenvalue weighted by molar-refractivity contribution is 0.0495. The molecule has 1 saturated heterocycles. The molecule has 3 heterocycles. The highest BCUT2D eigenvalue weighted by atomic mass is 16.2. The van der Waals surface area contributed by atoms with Gasteiger partial charge in [0.15, 0.2) is 5.65 Å². The van der Waals surface area contributed by atoms with E-state index in [2.05, 4.69) is 51.3 Å². The first-order chi connectivity index (χ1) is 12.2. The van der Waals surface area contributed by atoms with Gasteiger partial charge in [0.05, 0.1) is 11.8 Å². The number of amides is 1. The number of carbonyl (C=O) groups is 1. The van der Waals surface area contributed by atoms with Gasteiger partial charge in [0.25, 0.3) is 5.91 Å². The molecule has 0 radical (unpaired) electrons. The highest BCUT2D eigenvalue weighted by molar-refractivity contribution is 5.96. The smallest absolute Gasteiger partial charge is 0.255 e. The molecule has 0 aliphatic carbocycles. The number of nitrogens with one attached hydrogen (secondary N) is 1. The molecule has 1 aliphatic heterocycles. The first-order valence-electron chi connectivity index (χ1n) is 8.57. The van der Waals surface area contributed by atoms with E-state index in [0.29, 0.717) is 17.3 Å². The number of H-pyrrole nitrogens is 1. The number of carbonyl (C=O) groups excluding carboxylic acids is 1. The Hall–Kier alpha value is -2.73. The van der Waals surface area contributed by atoms with Crippen LogP contribution in [0.3, 0.4) is 0 Å². The summed E-state index contributed by atoms with van der Waals surface area (Å²) in [4.78, 5) is 21.4. The molecule has 6 heteroatoms. The summed E-state index contributed by atoms with van der Waals surface area (Å²) in [5.41, 5.74) is 2.64. The standard InChI is InChI=1S/C19H21N5O/c1-14-12-24(8-7-23(14)13-15-5-3-2-4-6-15)19(25)17-9-16-11-21-22-18(16)20-10-17/h2-6,9-11,14H,7-8,12-13H2,1H3,(H,20,21,22). The minimum absolute atomic E-state index is 0.0433. The van der Waals surface area contributed by atoms with Crippen molar-refractivity contribution in [2.24, 2.45) is 0 Å². The zero-order chi connectivity index (χ0) is 17.2. The van der Waals surface area contributed by atoms with Crippen LogP contribution in [0, 0.1) is 0 Å². The summed E-state index contributed by atoms with van der Waals surface area (Å²) in [7, 11) is 0. The predicted octanol–water partition coefficient (Wildman–Crippen LogP) is 2.30. The molecule has 4 rings (SSSR count). The number of hydrogen-bond acceptors (Lipinski definition) is 4. The van der Waals surface area contributed by atoms with E-state index in [1.54, 1.807) is 12.4 Å². The number of aromatic nitrogens is 3. The van der Waals surface area contributed by atoms with Gasteiger partial charge in [0.1, 0.15) is 0 Å². The second kappa shape index (κ2) is 6.64. The Bertz CT molecular complexity index is 876. The molecular formula is C19H21N5O. The van der Waals surface area contributed by atoms with Crippen molar-refractivity contribution in [2.75, 3.05) is 19.6 Å². The maximum Gasteiger partial charge on any atom is 0.255 e. The summed E-state index contributed by atoms with van der Waals surface area (Å²) in [6.07, 6.45) is 3.32. The lowest BCUT2D eigenvalue weighted by Crippen LogP contribution is -2.53. The molecule has 1 unspecified atom stereocenters. The van der Waals surface area contributed by atoms with Gasteiger partial charge in [-0.15, -0.1) is 0 Å². The number of hydrogen-bond donors (Lipinski definition) is 1. The van der Waals surface area contributed by atoms with Crippen LogP contribution in [0.25, 0.3) is 11.0 Å². The van der Waals surface area contributed by atoms with Gasteiger partial charge in [-0.2, -0.15) is 5.10 Å². The fourth-order valence-corrected chi connectivity index (χ4v) is 3.37. The van der Waals surface area contributed by atoms with Gasteiger partial charge in [-0.1, -0.05) is 30.3 Å². The van der Waals surface area contributed by atoms with Gasteiger partial charge in [-0.3, -0.25) is 14.8 Å². The van der Waals surface area contributed by atoms with Crippen LogP contribution >= 0.6 is 0 Å². The molecule has 0 saturated carbocycles. The predicted molar refractivity (Wildman–Crippen MR) is 96.1 cm³/mol. The van der Waals surface area contributed by atoms with E-state index in [4.69, 9.17) is 0 Å². The Balaban J connectivity index is 1.43. The number of fused-ring (bicyclic) bond motifs is 1. The number of piperazine rings is 1. The summed E-state index contributed by atoms with van der Waals surface area (Å²) in [5.74, 6) is 0.0433. The van der Waals surface area contributed by atoms with Crippen LogP contribution < -0.4 is 0 Å². The van der Waals surface area contributed by atoms with E-state index < -0.39 is 0 Å². The van der Waals surface area contributed by atoms with Crippen molar-refractivity contribution < 1.29 is 4.79 Å². The molecule has 1 aliphatic rings. The third-order valence-corrected chi connectivity index (χ3v) is 4.82. The molecule has 1 N–H and O–H groups in total. The van der Waals surface area contributed by atoms with Crippen LogP contribution in [0.5, 0.6) is 0 Å². The van der Waals surface area contributed by atoms with E-state index in [-0.39, 0.29) is 5.91 Å². The van der Waals surface area contributed by atoms with Crippen LogP contribution in [0.4, 0.5) is 0 Å². The summed E-state index contributed by atoms with van der Waals surface area (Å²) in [5, 5.41) is 7.63. The van der Waals surface area contributed by atoms with Gasteiger partial charge >= 0.3 is 0 Å². The first kappa shape index (κ1) is 15.8. The normalized spacial score (nSPS) is 18.6. The van der Waals surface area contributed by atoms with E-state index in [9.17, 15) is 4.79 Å². The van der Waals surface area contributed by atoms with Crippen molar-refractivity contribution >= 4 is 16.9 Å². The Morgan fingerprint density at radius 1 is 1.24 bits per heavy atom. The zero-order valence-corrected chi connectivity index (χ0v) is 14.2. The van der Waals surface area contributed by atoms with Crippen molar-refractivity contribution in [3.8, 4) is 0 Å². The van der Waals surface area contributed by atoms with E-state index in [1.165, 1.54) is 5.56 Å². The van der Waals surface area contributed by atoms with Crippen molar-refractivity contribution in [3.05, 3.63) is 59.9 Å². The van der Waals surface area contributed by atoms with Crippen molar-refractivity contribution in [3.63, 3.8) is 0 Å². The summed E-state index contributed by atoms with van der Waals surface area (Å²) < 4.78 is 0. The van der Waals surface area contributed by atoms with Gasteiger partial charge in [0.2, 0.25) is 0 Å². The van der Waals surface area contributed by atoms with Crippen LogP contribution in [0.15, 0.2) is 48.8 Å². The van der Waals surface area contributed by atoms with E-state index in [0.717, 1.165) is 31.6 Å². The Labute approximate surface area is 146 Å². The zero-order valence-electron chi connectivity index (χ0n) is 14.2. The van der Waals surface area contributed by atoms with Crippen LogP contribution in [-0.4, -0.2) is 56.6 Å². The number of pyridine rings is 1. The summed E-state index contributed by atoms with van der Waals surface area (Å²) >= 11 is 0. The maximum absolute atomic E-state index is 12.8. The third-order valence-electron chi connectivity index (χ3n) is 4.82. The molecular weight excluding hydrogens is 314 g/mol. The Morgan fingerprint density at radius 2 is 2.08 bits per heavy atom. The van der Waals surface area contributed by atoms with Crippen LogP contribution in [0.2, 0.25) is 0 Å². The SMILES string of the molecule is CC1CN(C(=O)c2cnc3[nH]ncc3c2)CCN1Cc1ccccc1. The van der Waals surface area contributed by atoms with Crippen molar-refractivity contribution in [1.29, 1.82) is 0 Å². The van der Waals surface area contributed by atoms with Crippen molar-refractivity contribution in [1.82, 2.24) is 25.0 Å². The Morgan fingerprint density at radius 3 is 2.88 bits per heavy atom. The van der Waals surface area contributed by atoms with Gasteiger partial charge in [-0.25, -0.2) is 4.98 Å². The average molecular weight is 335 g/mol. The number of benzene rings is 1. The monoisotopic (exact) mass is 335 g/mol. The quantitative estimate of drug-likeness (QED) is 0.798. The minimum atomic E-state index is 0.0433. The fraction of sp³-hybridized carbons (Fsp3) is 0.316. The largest absolute Gasteiger partial charge is 0.336 e. The molecule has 25 heavy (non-hydrogen) atoms. The molecule has 128 valence electrons. The second-order valence-corrected chi connectivity index (χ2v) is 6.59. The van der Waals surface area contributed by atoms with Crippen LogP contribution in [-0.2, 0) is 6.54 Å². The first-order valence-corrected chi connectivity index (χ1v) is 8.57. The molecule has 1 amide bonds. The summed E-state index contributed by atoms with van der Waals surface area (Å²) in [6.45, 7) is 5.45. The second-order valence-electron chi connectivity index (χ2n) is 6.59. The Kier molecular flexibility index (Phi) is 4.19.